The van der Waals surface area contributed by atoms with Crippen molar-refractivity contribution in [2.45, 2.75) is 53.9 Å². The molecule has 12 heavy (non-hydrogen) atoms. The van der Waals surface area contributed by atoms with Gasteiger partial charge in [0, 0.05) is 0 Å². The Morgan fingerprint density at radius 1 is 1.08 bits per heavy atom. The van der Waals surface area contributed by atoms with Crippen molar-refractivity contribution in [2.24, 2.45) is 0 Å². The van der Waals surface area contributed by atoms with E-state index in [0.717, 1.165) is 12.8 Å². The first-order valence-corrected chi connectivity index (χ1v) is 4.90. The minimum absolute atomic E-state index is 1.14. The van der Waals surface area contributed by atoms with Gasteiger partial charge in [-0.2, -0.15) is 0 Å². The van der Waals surface area contributed by atoms with E-state index in [2.05, 4.69) is 47.3 Å². The molecule has 72 valence electrons. The average molecular weight is 168 g/mol. The van der Waals surface area contributed by atoms with Crippen molar-refractivity contribution < 1.29 is 0 Å². The van der Waals surface area contributed by atoms with Crippen LogP contribution >= 0.6 is 0 Å². The van der Waals surface area contributed by atoms with E-state index in [4.69, 9.17) is 0 Å². The fourth-order valence-corrected chi connectivity index (χ4v) is 0.454. The van der Waals surface area contributed by atoms with E-state index in [1.807, 2.05) is 0 Å². The van der Waals surface area contributed by atoms with Gasteiger partial charge in [-0.25, -0.2) is 0 Å². The molecule has 0 bridgehead atoms. The summed E-state index contributed by atoms with van der Waals surface area (Å²) < 4.78 is 0. The van der Waals surface area contributed by atoms with Crippen molar-refractivity contribution in [1.29, 1.82) is 0 Å². The van der Waals surface area contributed by atoms with Gasteiger partial charge in [-0.1, -0.05) is 44.6 Å². The molecule has 0 aromatic carbocycles. The highest BCUT2D eigenvalue weighted by Crippen LogP contribution is 1.98. The summed E-state index contributed by atoms with van der Waals surface area (Å²) >= 11 is 0. The minimum Gasteiger partial charge on any atom is -0.0999 e. The molecule has 0 N–H and O–H groups in total. The average Bonchev–Trinajstić information content (AvgIpc) is 2.16. The van der Waals surface area contributed by atoms with Crippen LogP contribution in [0.1, 0.15) is 53.9 Å². The Kier molecular flexibility index (Phi) is 12.3. The number of allylic oxidation sites excluding steroid dienone is 3. The van der Waals surface area contributed by atoms with Crippen LogP contribution in [0, 0.1) is 0 Å². The molecule has 0 heteroatoms. The largest absolute Gasteiger partial charge is 0.0999 e. The van der Waals surface area contributed by atoms with Gasteiger partial charge in [0.1, 0.15) is 0 Å². The maximum Gasteiger partial charge on any atom is -0.0352 e. The summed E-state index contributed by atoms with van der Waals surface area (Å²) in [6.07, 6.45) is 5.60. The van der Waals surface area contributed by atoms with Crippen LogP contribution < -0.4 is 0 Å². The van der Waals surface area contributed by atoms with Gasteiger partial charge in [-0.3, -0.25) is 0 Å². The molecule has 0 atom stereocenters. The van der Waals surface area contributed by atoms with Crippen molar-refractivity contribution in [3.63, 3.8) is 0 Å². The summed E-state index contributed by atoms with van der Waals surface area (Å²) in [6.45, 7) is 14.4. The first-order valence-electron chi connectivity index (χ1n) is 4.90. The fourth-order valence-electron chi connectivity index (χ4n) is 0.454. The molecule has 0 saturated carbocycles. The van der Waals surface area contributed by atoms with Crippen LogP contribution in [0.3, 0.4) is 0 Å². The molecule has 0 radical (unpaired) electrons. The Balaban J connectivity index is 0. The van der Waals surface area contributed by atoms with Gasteiger partial charge in [0.25, 0.3) is 0 Å². The Bertz CT molecular complexity index is 123. The predicted molar refractivity (Wildman–Crippen MR) is 59.4 cm³/mol. The third kappa shape index (κ3) is 12.2. The van der Waals surface area contributed by atoms with E-state index in [-0.39, 0.29) is 0 Å². The zero-order valence-corrected chi connectivity index (χ0v) is 9.41. The molecule has 0 rings (SSSR count). The molecule has 0 aliphatic heterocycles. The third-order valence-corrected chi connectivity index (χ3v) is 2.05. The lowest BCUT2D eigenvalue weighted by Crippen LogP contribution is -1.68. The van der Waals surface area contributed by atoms with Crippen molar-refractivity contribution >= 4 is 0 Å². The highest BCUT2D eigenvalue weighted by Gasteiger charge is 1.78. The Labute approximate surface area is 78.4 Å². The predicted octanol–water partition coefficient (Wildman–Crippen LogP) is 4.73. The first-order chi connectivity index (χ1) is 5.62. The van der Waals surface area contributed by atoms with Crippen LogP contribution in [0.15, 0.2) is 23.8 Å². The summed E-state index contributed by atoms with van der Waals surface area (Å²) in [5, 5.41) is 0. The Morgan fingerprint density at radius 3 is 1.50 bits per heavy atom. The minimum atomic E-state index is 1.14. The van der Waals surface area contributed by atoms with Crippen molar-refractivity contribution in [2.75, 3.05) is 0 Å². The van der Waals surface area contributed by atoms with Crippen LogP contribution in [-0.4, -0.2) is 0 Å². The maximum atomic E-state index is 3.79. The molecule has 0 aromatic rings. The number of hydrogen-bond acceptors (Lipinski definition) is 0. The van der Waals surface area contributed by atoms with Gasteiger partial charge in [-0.15, -0.1) is 0 Å². The quantitative estimate of drug-likeness (QED) is 0.535. The van der Waals surface area contributed by atoms with E-state index < -0.39 is 0 Å². The summed E-state index contributed by atoms with van der Waals surface area (Å²) in [5.41, 5.74) is 2.81. The highest BCUT2D eigenvalue weighted by atomic mass is 13.8. The lowest BCUT2D eigenvalue weighted by atomic mass is 10.2. The Morgan fingerprint density at radius 2 is 1.50 bits per heavy atom. The summed E-state index contributed by atoms with van der Waals surface area (Å²) in [6, 6.07) is 0. The zero-order valence-electron chi connectivity index (χ0n) is 9.41. The van der Waals surface area contributed by atoms with Crippen LogP contribution in [0.2, 0.25) is 0 Å². The smallest absolute Gasteiger partial charge is 0.0352 e. The molecule has 0 spiro atoms. The van der Waals surface area contributed by atoms with Gasteiger partial charge < -0.3 is 0 Å². The summed E-state index contributed by atoms with van der Waals surface area (Å²) in [4.78, 5) is 0. The second-order valence-electron chi connectivity index (χ2n) is 2.95. The molecule has 0 aliphatic carbocycles. The van der Waals surface area contributed by atoms with E-state index in [9.17, 15) is 0 Å². The molecule has 0 saturated heterocycles. The molecular formula is C12H24. The van der Waals surface area contributed by atoms with Crippen molar-refractivity contribution in [1.82, 2.24) is 0 Å². The standard InChI is InChI=1S/2C6H12/c2*1-4-6(3)5-2/h4H,5H2,1-3H3;3-5H2,1-2H3/b6-4-;. The molecule has 0 nitrogen and oxygen atoms in total. The second kappa shape index (κ2) is 10.5. The molecule has 0 heterocycles. The van der Waals surface area contributed by atoms with Crippen LogP contribution in [0.5, 0.6) is 0 Å². The fraction of sp³-hybridized carbons (Fsp3) is 0.667. The van der Waals surface area contributed by atoms with Crippen molar-refractivity contribution in [3.05, 3.63) is 23.8 Å². The molecule has 0 aliphatic rings. The van der Waals surface area contributed by atoms with Gasteiger partial charge >= 0.3 is 0 Å². The van der Waals surface area contributed by atoms with Gasteiger partial charge in [0.15, 0.2) is 0 Å². The highest BCUT2D eigenvalue weighted by molar-refractivity contribution is 4.93. The third-order valence-electron chi connectivity index (χ3n) is 2.05. The number of rotatable bonds is 3. The zero-order chi connectivity index (χ0) is 9.98. The molecule has 0 aromatic heterocycles. The van der Waals surface area contributed by atoms with Crippen LogP contribution in [-0.2, 0) is 0 Å². The molecule has 0 amide bonds. The van der Waals surface area contributed by atoms with Gasteiger partial charge in [0.05, 0.1) is 0 Å². The SMILES string of the molecule is C/C=C(/C)CC.C=C(CC)CC. The summed E-state index contributed by atoms with van der Waals surface area (Å²) in [7, 11) is 0. The molecule has 0 fully saturated rings. The van der Waals surface area contributed by atoms with Crippen LogP contribution in [0.4, 0.5) is 0 Å². The Hall–Kier alpha value is -0.520. The van der Waals surface area contributed by atoms with Gasteiger partial charge in [-0.05, 0) is 33.1 Å². The molecular weight excluding hydrogens is 144 g/mol. The number of hydrogen-bond donors (Lipinski definition) is 0. The second-order valence-corrected chi connectivity index (χ2v) is 2.95. The normalized spacial score (nSPS) is 10.2. The summed E-state index contributed by atoms with van der Waals surface area (Å²) in [5.74, 6) is 0. The van der Waals surface area contributed by atoms with Gasteiger partial charge in [0.2, 0.25) is 0 Å². The molecule has 0 unspecified atom stereocenters. The van der Waals surface area contributed by atoms with Crippen LogP contribution in [0.25, 0.3) is 0 Å². The maximum absolute atomic E-state index is 3.79. The van der Waals surface area contributed by atoms with E-state index in [0.29, 0.717) is 0 Å². The van der Waals surface area contributed by atoms with E-state index in [1.54, 1.807) is 0 Å². The van der Waals surface area contributed by atoms with Crippen molar-refractivity contribution in [3.8, 4) is 0 Å². The topological polar surface area (TPSA) is 0 Å². The lowest BCUT2D eigenvalue weighted by Gasteiger charge is -1.89. The first kappa shape index (κ1) is 14.0. The monoisotopic (exact) mass is 168 g/mol. The lowest BCUT2D eigenvalue weighted by molar-refractivity contribution is 0.986. The van der Waals surface area contributed by atoms with E-state index in [1.165, 1.54) is 17.6 Å². The van der Waals surface area contributed by atoms with E-state index >= 15 is 0 Å².